The molecule has 0 unspecified atom stereocenters. The highest BCUT2D eigenvalue weighted by Gasteiger charge is 2.16. The topological polar surface area (TPSA) is 88.4 Å². The first-order valence-electron chi connectivity index (χ1n) is 9.67. The zero-order valence-corrected chi connectivity index (χ0v) is 18.5. The quantitative estimate of drug-likeness (QED) is 0.446. The SMILES string of the molecule is Cc1cccc(-c2nc3scc(CCNC(=O)C(=O)Nc4cccc(Cl)c4C)n3n2)c1. The fourth-order valence-corrected chi connectivity index (χ4v) is 4.14. The van der Waals surface area contributed by atoms with Gasteiger partial charge in [-0.3, -0.25) is 9.59 Å². The molecular weight excluding hydrogens is 434 g/mol. The lowest BCUT2D eigenvalue weighted by Gasteiger charge is -2.09. The number of hydrogen-bond donors (Lipinski definition) is 2. The van der Waals surface area contributed by atoms with Crippen LogP contribution in [0.1, 0.15) is 16.8 Å². The van der Waals surface area contributed by atoms with E-state index in [-0.39, 0.29) is 0 Å². The van der Waals surface area contributed by atoms with Crippen LogP contribution in [0.5, 0.6) is 0 Å². The highest BCUT2D eigenvalue weighted by Crippen LogP contribution is 2.23. The van der Waals surface area contributed by atoms with Crippen molar-refractivity contribution in [3.63, 3.8) is 0 Å². The van der Waals surface area contributed by atoms with Crippen LogP contribution in [0.25, 0.3) is 16.3 Å². The Labute approximate surface area is 188 Å². The average Bonchev–Trinajstić information content (AvgIpc) is 3.33. The minimum absolute atomic E-state index is 0.298. The van der Waals surface area contributed by atoms with Crippen molar-refractivity contribution in [2.24, 2.45) is 0 Å². The van der Waals surface area contributed by atoms with Crippen molar-refractivity contribution in [3.05, 3.63) is 69.7 Å². The summed E-state index contributed by atoms with van der Waals surface area (Å²) >= 11 is 7.54. The molecule has 4 aromatic rings. The Bertz CT molecular complexity index is 1280. The molecule has 2 amide bonds. The Kier molecular flexibility index (Phi) is 6.01. The van der Waals surface area contributed by atoms with E-state index in [1.165, 1.54) is 11.3 Å². The molecule has 0 radical (unpaired) electrons. The number of nitrogens with zero attached hydrogens (tertiary/aromatic N) is 3. The highest BCUT2D eigenvalue weighted by molar-refractivity contribution is 7.15. The molecule has 0 atom stereocenters. The normalized spacial score (nSPS) is 10.9. The van der Waals surface area contributed by atoms with Gasteiger partial charge in [0.25, 0.3) is 0 Å². The summed E-state index contributed by atoms with van der Waals surface area (Å²) in [6, 6.07) is 13.2. The van der Waals surface area contributed by atoms with Gasteiger partial charge in [-0.1, -0.05) is 41.4 Å². The van der Waals surface area contributed by atoms with Gasteiger partial charge in [0.1, 0.15) is 0 Å². The molecule has 2 heterocycles. The Morgan fingerprint density at radius 1 is 1.13 bits per heavy atom. The summed E-state index contributed by atoms with van der Waals surface area (Å²) in [5, 5.41) is 12.3. The molecule has 9 heteroatoms. The summed E-state index contributed by atoms with van der Waals surface area (Å²) in [7, 11) is 0. The van der Waals surface area contributed by atoms with Crippen LogP contribution < -0.4 is 10.6 Å². The Morgan fingerprint density at radius 2 is 1.94 bits per heavy atom. The summed E-state index contributed by atoms with van der Waals surface area (Å²) < 4.78 is 1.78. The van der Waals surface area contributed by atoms with E-state index in [0.29, 0.717) is 35.1 Å². The molecule has 4 rings (SSSR count). The number of carbonyl (C=O) groups is 2. The molecule has 2 aromatic carbocycles. The van der Waals surface area contributed by atoms with Crippen LogP contribution in [-0.4, -0.2) is 33.0 Å². The maximum atomic E-state index is 12.2. The molecular formula is C22H20ClN5O2S. The molecule has 158 valence electrons. The third-order valence-electron chi connectivity index (χ3n) is 4.81. The van der Waals surface area contributed by atoms with Crippen LogP contribution in [0.3, 0.4) is 0 Å². The second-order valence-electron chi connectivity index (χ2n) is 7.10. The van der Waals surface area contributed by atoms with Gasteiger partial charge in [-0.2, -0.15) is 4.98 Å². The highest BCUT2D eigenvalue weighted by atomic mass is 35.5. The van der Waals surface area contributed by atoms with E-state index in [1.807, 2.05) is 36.6 Å². The molecule has 0 aliphatic carbocycles. The molecule has 0 saturated heterocycles. The molecule has 0 aliphatic rings. The molecule has 7 nitrogen and oxygen atoms in total. The van der Waals surface area contributed by atoms with Crippen molar-refractivity contribution in [2.45, 2.75) is 20.3 Å². The second-order valence-corrected chi connectivity index (χ2v) is 8.34. The van der Waals surface area contributed by atoms with Gasteiger partial charge in [0, 0.05) is 34.6 Å². The van der Waals surface area contributed by atoms with Crippen LogP contribution >= 0.6 is 22.9 Å². The number of hydrogen-bond acceptors (Lipinski definition) is 5. The van der Waals surface area contributed by atoms with E-state index in [0.717, 1.165) is 21.8 Å². The molecule has 0 spiro atoms. The minimum Gasteiger partial charge on any atom is -0.347 e. The van der Waals surface area contributed by atoms with Gasteiger partial charge < -0.3 is 10.6 Å². The summed E-state index contributed by atoms with van der Waals surface area (Å²) in [6.07, 6.45) is 0.520. The molecule has 0 fully saturated rings. The van der Waals surface area contributed by atoms with Crippen LogP contribution in [0.2, 0.25) is 5.02 Å². The molecule has 2 aromatic heterocycles. The van der Waals surface area contributed by atoms with Crippen molar-refractivity contribution in [2.75, 3.05) is 11.9 Å². The molecule has 0 bridgehead atoms. The van der Waals surface area contributed by atoms with E-state index in [2.05, 4.69) is 20.7 Å². The number of aryl methyl sites for hydroxylation is 1. The summed E-state index contributed by atoms with van der Waals surface area (Å²) in [6.45, 7) is 4.10. The predicted octanol–water partition coefficient (Wildman–Crippen LogP) is 4.03. The Hall–Kier alpha value is -3.23. The van der Waals surface area contributed by atoms with E-state index < -0.39 is 11.8 Å². The van der Waals surface area contributed by atoms with Gasteiger partial charge >= 0.3 is 11.8 Å². The monoisotopic (exact) mass is 453 g/mol. The second kappa shape index (κ2) is 8.87. The number of anilines is 1. The maximum absolute atomic E-state index is 12.2. The fourth-order valence-electron chi connectivity index (χ4n) is 3.11. The van der Waals surface area contributed by atoms with Crippen molar-refractivity contribution in [1.82, 2.24) is 19.9 Å². The zero-order chi connectivity index (χ0) is 22.0. The first kappa shape index (κ1) is 21.0. The number of nitrogens with one attached hydrogen (secondary N) is 2. The van der Waals surface area contributed by atoms with Crippen LogP contribution in [0.15, 0.2) is 47.8 Å². The number of aromatic nitrogens is 3. The van der Waals surface area contributed by atoms with Crippen molar-refractivity contribution >= 4 is 45.4 Å². The van der Waals surface area contributed by atoms with Crippen LogP contribution in [-0.2, 0) is 16.0 Å². The van der Waals surface area contributed by atoms with E-state index in [9.17, 15) is 9.59 Å². The number of benzene rings is 2. The largest absolute Gasteiger partial charge is 0.347 e. The predicted molar refractivity (Wildman–Crippen MR) is 123 cm³/mol. The smallest absolute Gasteiger partial charge is 0.313 e. The van der Waals surface area contributed by atoms with E-state index in [4.69, 9.17) is 11.6 Å². The number of rotatable bonds is 5. The van der Waals surface area contributed by atoms with Crippen LogP contribution in [0, 0.1) is 13.8 Å². The summed E-state index contributed by atoms with van der Waals surface area (Å²) in [5.41, 5.74) is 4.24. The van der Waals surface area contributed by atoms with E-state index >= 15 is 0 Å². The Balaban J connectivity index is 1.37. The van der Waals surface area contributed by atoms with Crippen molar-refractivity contribution in [1.29, 1.82) is 0 Å². The molecule has 0 saturated carbocycles. The standard InChI is InChI=1S/C22H20ClN5O2S/c1-13-5-3-6-15(11-13)19-26-22-28(27-19)16(12-31-22)9-10-24-20(29)21(30)25-18-8-4-7-17(23)14(18)2/h3-8,11-12H,9-10H2,1-2H3,(H,24,29)(H,25,30). The molecule has 0 aliphatic heterocycles. The number of fused-ring (bicyclic) bond motifs is 1. The first-order valence-corrected chi connectivity index (χ1v) is 10.9. The third kappa shape index (κ3) is 4.60. The third-order valence-corrected chi connectivity index (χ3v) is 6.09. The fraction of sp³-hybridized carbons (Fsp3) is 0.182. The average molecular weight is 454 g/mol. The molecule has 31 heavy (non-hydrogen) atoms. The van der Waals surface area contributed by atoms with Gasteiger partial charge in [-0.05, 0) is 37.6 Å². The number of thiazole rings is 1. The van der Waals surface area contributed by atoms with Crippen molar-refractivity contribution in [3.8, 4) is 11.4 Å². The lowest BCUT2D eigenvalue weighted by molar-refractivity contribution is -0.136. The van der Waals surface area contributed by atoms with Gasteiger partial charge in [-0.15, -0.1) is 16.4 Å². The number of carbonyl (C=O) groups excluding carboxylic acids is 2. The van der Waals surface area contributed by atoms with Gasteiger partial charge in [0.2, 0.25) is 4.96 Å². The number of amides is 2. The van der Waals surface area contributed by atoms with E-state index in [1.54, 1.807) is 29.6 Å². The molecule has 2 N–H and O–H groups in total. The first-order chi connectivity index (χ1) is 14.9. The van der Waals surface area contributed by atoms with Gasteiger partial charge in [0.15, 0.2) is 5.82 Å². The Morgan fingerprint density at radius 3 is 2.74 bits per heavy atom. The lowest BCUT2D eigenvalue weighted by atomic mass is 10.1. The maximum Gasteiger partial charge on any atom is 0.313 e. The van der Waals surface area contributed by atoms with Crippen molar-refractivity contribution < 1.29 is 9.59 Å². The van der Waals surface area contributed by atoms with Gasteiger partial charge in [-0.25, -0.2) is 4.52 Å². The minimum atomic E-state index is -0.733. The van der Waals surface area contributed by atoms with Crippen LogP contribution in [0.4, 0.5) is 5.69 Å². The zero-order valence-electron chi connectivity index (χ0n) is 17.0. The summed E-state index contributed by atoms with van der Waals surface area (Å²) in [5.74, 6) is -0.773. The number of halogens is 1. The lowest BCUT2D eigenvalue weighted by Crippen LogP contribution is -2.36. The van der Waals surface area contributed by atoms with Gasteiger partial charge in [0.05, 0.1) is 5.69 Å². The summed E-state index contributed by atoms with van der Waals surface area (Å²) in [4.78, 5) is 29.7.